The predicted molar refractivity (Wildman–Crippen MR) is 73.0 cm³/mol. The number of anilines is 1. The lowest BCUT2D eigenvalue weighted by Gasteiger charge is -2.39. The average molecular weight is 254 g/mol. The number of nitrogens with two attached hydrogens (primary N) is 1. The lowest BCUT2D eigenvalue weighted by atomic mass is 10.1. The van der Waals surface area contributed by atoms with Gasteiger partial charge in [-0.3, -0.25) is 0 Å². The largest absolute Gasteiger partial charge is 0.367 e. The first-order valence-corrected chi connectivity index (χ1v) is 6.88. The monoisotopic (exact) mass is 254 g/mol. The van der Waals surface area contributed by atoms with Crippen LogP contribution in [0.3, 0.4) is 0 Å². The standard InChI is InChI=1S/C13H19FN2S/c1-13(2)9-16(5-6-17-13)12-4-3-10(8-15)7-11(12)14/h3-4,7H,5-6,8-9,15H2,1-2H3. The lowest BCUT2D eigenvalue weighted by molar-refractivity contribution is 0.596. The van der Waals surface area contributed by atoms with Crippen LogP contribution in [-0.4, -0.2) is 23.6 Å². The first-order chi connectivity index (χ1) is 8.02. The van der Waals surface area contributed by atoms with Crippen LogP contribution in [0.5, 0.6) is 0 Å². The molecule has 0 amide bonds. The van der Waals surface area contributed by atoms with Crippen LogP contribution in [0.4, 0.5) is 10.1 Å². The van der Waals surface area contributed by atoms with Crippen molar-refractivity contribution in [1.82, 2.24) is 0 Å². The van der Waals surface area contributed by atoms with Crippen LogP contribution in [-0.2, 0) is 6.54 Å². The number of benzene rings is 1. The molecular formula is C13H19FN2S. The van der Waals surface area contributed by atoms with Gasteiger partial charge in [0.05, 0.1) is 5.69 Å². The molecule has 1 aromatic rings. The molecule has 0 spiro atoms. The second-order valence-electron chi connectivity index (χ2n) is 5.02. The van der Waals surface area contributed by atoms with Crippen molar-refractivity contribution < 1.29 is 4.39 Å². The molecule has 1 fully saturated rings. The van der Waals surface area contributed by atoms with Gasteiger partial charge in [0.15, 0.2) is 0 Å². The van der Waals surface area contributed by atoms with Crippen LogP contribution in [0.2, 0.25) is 0 Å². The van der Waals surface area contributed by atoms with Crippen LogP contribution in [0.15, 0.2) is 18.2 Å². The summed E-state index contributed by atoms with van der Waals surface area (Å²) in [6.45, 7) is 6.59. The molecule has 2 N–H and O–H groups in total. The molecule has 1 aliphatic rings. The van der Waals surface area contributed by atoms with Gasteiger partial charge in [-0.05, 0) is 31.5 Å². The Bertz CT molecular complexity index is 406. The van der Waals surface area contributed by atoms with Crippen LogP contribution in [0.1, 0.15) is 19.4 Å². The van der Waals surface area contributed by atoms with Gasteiger partial charge in [-0.25, -0.2) is 4.39 Å². The molecule has 0 atom stereocenters. The van der Waals surface area contributed by atoms with E-state index in [0.29, 0.717) is 12.2 Å². The van der Waals surface area contributed by atoms with E-state index in [4.69, 9.17) is 5.73 Å². The summed E-state index contributed by atoms with van der Waals surface area (Å²) in [6, 6.07) is 5.31. The number of hydrogen-bond donors (Lipinski definition) is 1. The second kappa shape index (κ2) is 4.86. The van der Waals surface area contributed by atoms with E-state index in [1.54, 1.807) is 6.07 Å². The minimum absolute atomic E-state index is 0.157. The summed E-state index contributed by atoms with van der Waals surface area (Å²) >= 11 is 1.95. The molecule has 4 heteroatoms. The van der Waals surface area contributed by atoms with E-state index in [1.807, 2.05) is 23.9 Å². The van der Waals surface area contributed by atoms with Crippen molar-refractivity contribution in [3.8, 4) is 0 Å². The average Bonchev–Trinajstić information content (AvgIpc) is 2.27. The molecule has 17 heavy (non-hydrogen) atoms. The number of halogens is 1. The summed E-state index contributed by atoms with van der Waals surface area (Å²) < 4.78 is 14.2. The Labute approximate surface area is 106 Å². The van der Waals surface area contributed by atoms with E-state index >= 15 is 0 Å². The third kappa shape index (κ3) is 2.93. The molecule has 2 rings (SSSR count). The van der Waals surface area contributed by atoms with Gasteiger partial charge in [0.1, 0.15) is 5.82 Å². The van der Waals surface area contributed by atoms with Gasteiger partial charge in [0, 0.05) is 30.1 Å². The smallest absolute Gasteiger partial charge is 0.146 e. The summed E-state index contributed by atoms with van der Waals surface area (Å²) in [5.41, 5.74) is 7.06. The van der Waals surface area contributed by atoms with Crippen LogP contribution in [0, 0.1) is 5.82 Å². The topological polar surface area (TPSA) is 29.3 Å². The molecule has 1 aliphatic heterocycles. The van der Waals surface area contributed by atoms with Crippen LogP contribution >= 0.6 is 11.8 Å². The zero-order valence-electron chi connectivity index (χ0n) is 10.4. The third-order valence-corrected chi connectivity index (χ3v) is 4.31. The van der Waals surface area contributed by atoms with E-state index in [1.165, 1.54) is 0 Å². The van der Waals surface area contributed by atoms with Crippen LogP contribution in [0.25, 0.3) is 0 Å². The fourth-order valence-electron chi connectivity index (χ4n) is 2.16. The van der Waals surface area contributed by atoms with E-state index < -0.39 is 0 Å². The Morgan fingerprint density at radius 1 is 1.47 bits per heavy atom. The van der Waals surface area contributed by atoms with Crippen molar-refractivity contribution in [2.24, 2.45) is 5.73 Å². The zero-order valence-corrected chi connectivity index (χ0v) is 11.2. The summed E-state index contributed by atoms with van der Waals surface area (Å²) in [6.07, 6.45) is 0. The Morgan fingerprint density at radius 3 is 2.82 bits per heavy atom. The minimum atomic E-state index is -0.157. The highest BCUT2D eigenvalue weighted by Gasteiger charge is 2.28. The Kier molecular flexibility index (Phi) is 3.64. The Hall–Kier alpha value is -0.740. The van der Waals surface area contributed by atoms with Gasteiger partial charge in [-0.15, -0.1) is 0 Å². The van der Waals surface area contributed by atoms with E-state index in [9.17, 15) is 4.39 Å². The van der Waals surface area contributed by atoms with Gasteiger partial charge in [0.2, 0.25) is 0 Å². The maximum Gasteiger partial charge on any atom is 0.146 e. The molecule has 0 unspecified atom stereocenters. The minimum Gasteiger partial charge on any atom is -0.367 e. The fraction of sp³-hybridized carbons (Fsp3) is 0.538. The quantitative estimate of drug-likeness (QED) is 0.879. The highest BCUT2D eigenvalue weighted by molar-refractivity contribution is 8.00. The number of hydrogen-bond acceptors (Lipinski definition) is 3. The molecule has 0 bridgehead atoms. The van der Waals surface area contributed by atoms with Gasteiger partial charge < -0.3 is 10.6 Å². The molecule has 1 aromatic carbocycles. The van der Waals surface area contributed by atoms with Crippen molar-refractivity contribution in [2.75, 3.05) is 23.7 Å². The number of rotatable bonds is 2. The van der Waals surface area contributed by atoms with E-state index in [0.717, 1.165) is 24.4 Å². The van der Waals surface area contributed by atoms with Crippen LogP contribution < -0.4 is 10.6 Å². The second-order valence-corrected chi connectivity index (χ2v) is 6.82. The summed E-state index contributed by atoms with van der Waals surface area (Å²) in [5.74, 6) is 0.890. The molecule has 2 nitrogen and oxygen atoms in total. The first kappa shape index (κ1) is 12.7. The SMILES string of the molecule is CC1(C)CN(c2ccc(CN)cc2F)CCS1. The molecule has 0 radical (unpaired) electrons. The highest BCUT2D eigenvalue weighted by Crippen LogP contribution is 2.33. The van der Waals surface area contributed by atoms with Crippen molar-refractivity contribution in [3.05, 3.63) is 29.6 Å². The van der Waals surface area contributed by atoms with Gasteiger partial charge in [-0.2, -0.15) is 11.8 Å². The van der Waals surface area contributed by atoms with Crippen molar-refractivity contribution in [2.45, 2.75) is 25.1 Å². The number of thioether (sulfide) groups is 1. The lowest BCUT2D eigenvalue weighted by Crippen LogP contribution is -2.43. The van der Waals surface area contributed by atoms with Crippen molar-refractivity contribution >= 4 is 17.4 Å². The molecule has 94 valence electrons. The van der Waals surface area contributed by atoms with Gasteiger partial charge >= 0.3 is 0 Å². The molecule has 1 heterocycles. The fourth-order valence-corrected chi connectivity index (χ4v) is 3.27. The van der Waals surface area contributed by atoms with Crippen molar-refractivity contribution in [1.29, 1.82) is 0 Å². The van der Waals surface area contributed by atoms with Crippen molar-refractivity contribution in [3.63, 3.8) is 0 Å². The summed E-state index contributed by atoms with van der Waals surface area (Å²) in [5, 5.41) is 0. The third-order valence-electron chi connectivity index (χ3n) is 3.01. The Morgan fingerprint density at radius 2 is 2.24 bits per heavy atom. The van der Waals surface area contributed by atoms with E-state index in [-0.39, 0.29) is 10.6 Å². The Balaban J connectivity index is 2.22. The summed E-state index contributed by atoms with van der Waals surface area (Å²) in [4.78, 5) is 2.13. The number of nitrogens with zero attached hydrogens (tertiary/aromatic N) is 1. The zero-order chi connectivity index (χ0) is 12.5. The molecule has 0 saturated carbocycles. The summed E-state index contributed by atoms with van der Waals surface area (Å²) in [7, 11) is 0. The normalized spacial score (nSPS) is 19.4. The maximum atomic E-state index is 14.0. The predicted octanol–water partition coefficient (Wildman–Crippen LogP) is 2.62. The molecular weight excluding hydrogens is 235 g/mol. The maximum absolute atomic E-state index is 14.0. The first-order valence-electron chi connectivity index (χ1n) is 5.89. The van der Waals surface area contributed by atoms with Gasteiger partial charge in [-0.1, -0.05) is 6.07 Å². The van der Waals surface area contributed by atoms with Gasteiger partial charge in [0.25, 0.3) is 0 Å². The molecule has 0 aromatic heterocycles. The molecule has 0 aliphatic carbocycles. The van der Waals surface area contributed by atoms with E-state index in [2.05, 4.69) is 18.7 Å². The highest BCUT2D eigenvalue weighted by atomic mass is 32.2. The molecule has 1 saturated heterocycles.